The van der Waals surface area contributed by atoms with E-state index in [-0.39, 0.29) is 18.0 Å². The van der Waals surface area contributed by atoms with Crippen molar-refractivity contribution in [1.82, 2.24) is 15.5 Å². The van der Waals surface area contributed by atoms with Gasteiger partial charge in [0.1, 0.15) is 0 Å². The van der Waals surface area contributed by atoms with Crippen LogP contribution in [0.5, 0.6) is 0 Å². The minimum atomic E-state index is -0.0152. The van der Waals surface area contributed by atoms with E-state index in [0.717, 1.165) is 37.3 Å². The van der Waals surface area contributed by atoms with Crippen LogP contribution in [0.1, 0.15) is 39.0 Å². The Morgan fingerprint density at radius 1 is 1.25 bits per heavy atom. The summed E-state index contributed by atoms with van der Waals surface area (Å²) in [5, 5.41) is 5.95. The molecular weight excluding hydrogens is 254 g/mol. The lowest BCUT2D eigenvalue weighted by Gasteiger charge is -2.25. The minimum absolute atomic E-state index is 0.0152. The first kappa shape index (κ1) is 13.7. The predicted molar refractivity (Wildman–Crippen MR) is 76.1 cm³/mol. The molecule has 0 aromatic carbocycles. The molecule has 2 aliphatic carbocycles. The summed E-state index contributed by atoms with van der Waals surface area (Å²) in [7, 11) is 0. The number of hydrogen-bond acceptors (Lipinski definition) is 2. The highest BCUT2D eigenvalue weighted by molar-refractivity contribution is 5.75. The molecule has 0 bridgehead atoms. The van der Waals surface area contributed by atoms with Gasteiger partial charge in [-0.2, -0.15) is 0 Å². The van der Waals surface area contributed by atoms with Crippen LogP contribution in [-0.4, -0.2) is 42.5 Å². The van der Waals surface area contributed by atoms with Crippen LogP contribution < -0.4 is 10.6 Å². The van der Waals surface area contributed by atoms with Crippen LogP contribution in [0.3, 0.4) is 0 Å². The summed E-state index contributed by atoms with van der Waals surface area (Å²) in [6.07, 6.45) is 6.37. The summed E-state index contributed by atoms with van der Waals surface area (Å²) in [5.41, 5.74) is 0. The molecule has 1 unspecified atom stereocenters. The fourth-order valence-electron chi connectivity index (χ4n) is 3.63. The highest BCUT2D eigenvalue weighted by Crippen LogP contribution is 2.51. The molecule has 5 nitrogen and oxygen atoms in total. The summed E-state index contributed by atoms with van der Waals surface area (Å²) in [6, 6.07) is 0.166. The molecule has 0 aromatic rings. The van der Waals surface area contributed by atoms with Crippen molar-refractivity contribution in [2.45, 2.75) is 45.1 Å². The third-order valence-corrected chi connectivity index (χ3v) is 5.13. The molecule has 3 rings (SSSR count). The monoisotopic (exact) mass is 279 g/mol. The van der Waals surface area contributed by atoms with Gasteiger partial charge in [0.15, 0.2) is 0 Å². The zero-order chi connectivity index (χ0) is 14.1. The number of urea groups is 1. The molecule has 3 fully saturated rings. The Hall–Kier alpha value is -1.26. The van der Waals surface area contributed by atoms with E-state index in [1.165, 1.54) is 32.6 Å². The molecule has 20 heavy (non-hydrogen) atoms. The number of nitrogens with one attached hydrogen (secondary N) is 2. The van der Waals surface area contributed by atoms with Crippen LogP contribution in [0, 0.1) is 17.8 Å². The van der Waals surface area contributed by atoms with Crippen LogP contribution in [0.15, 0.2) is 0 Å². The van der Waals surface area contributed by atoms with E-state index in [1.807, 2.05) is 4.90 Å². The highest BCUT2D eigenvalue weighted by atomic mass is 16.2. The fraction of sp³-hybridized carbons (Fsp3) is 0.867. The molecular formula is C15H25N3O2. The average Bonchev–Trinajstić information content (AvgIpc) is 2.91. The lowest BCUT2D eigenvalue weighted by molar-refractivity contribution is -0.119. The number of amides is 3. The first-order valence-corrected chi connectivity index (χ1v) is 7.93. The van der Waals surface area contributed by atoms with Gasteiger partial charge in [-0.15, -0.1) is 0 Å². The number of carbonyl (C=O) groups is 2. The van der Waals surface area contributed by atoms with Crippen LogP contribution in [0.4, 0.5) is 4.79 Å². The van der Waals surface area contributed by atoms with E-state index >= 15 is 0 Å². The summed E-state index contributed by atoms with van der Waals surface area (Å²) in [4.78, 5) is 24.9. The van der Waals surface area contributed by atoms with E-state index < -0.39 is 0 Å². The molecule has 0 radical (unpaired) electrons. The second-order valence-corrected chi connectivity index (χ2v) is 6.67. The number of rotatable bonds is 4. The molecule has 3 amide bonds. The Bertz CT molecular complexity index is 395. The van der Waals surface area contributed by atoms with Gasteiger partial charge in [-0.3, -0.25) is 4.79 Å². The second-order valence-electron chi connectivity index (χ2n) is 6.67. The number of likely N-dealkylation sites (tertiary alicyclic amines) is 1. The molecule has 3 atom stereocenters. The predicted octanol–water partition coefficient (Wildman–Crippen LogP) is 1.34. The summed E-state index contributed by atoms with van der Waals surface area (Å²) in [6.45, 7) is 3.74. The molecule has 0 aromatic heterocycles. The van der Waals surface area contributed by atoms with Crippen LogP contribution >= 0.6 is 0 Å². The van der Waals surface area contributed by atoms with E-state index in [4.69, 9.17) is 0 Å². The number of nitrogens with zero attached hydrogens (tertiary/aromatic N) is 1. The minimum Gasteiger partial charge on any atom is -0.352 e. The molecule has 2 saturated carbocycles. The molecule has 1 aliphatic heterocycles. The molecule has 3 aliphatic rings. The summed E-state index contributed by atoms with van der Waals surface area (Å²) < 4.78 is 0. The molecule has 1 saturated heterocycles. The van der Waals surface area contributed by atoms with Crippen LogP contribution in [0.2, 0.25) is 0 Å². The van der Waals surface area contributed by atoms with Gasteiger partial charge in [0.05, 0.1) is 0 Å². The van der Waals surface area contributed by atoms with Gasteiger partial charge in [-0.1, -0.05) is 19.3 Å². The van der Waals surface area contributed by atoms with Crippen molar-refractivity contribution in [2.75, 3.05) is 19.6 Å². The Morgan fingerprint density at radius 2 is 2.05 bits per heavy atom. The third-order valence-electron chi connectivity index (χ3n) is 5.13. The van der Waals surface area contributed by atoms with Crippen molar-refractivity contribution in [2.24, 2.45) is 17.8 Å². The first-order valence-electron chi connectivity index (χ1n) is 7.93. The average molecular weight is 279 g/mol. The van der Waals surface area contributed by atoms with Gasteiger partial charge in [-0.05, 0) is 30.6 Å². The van der Waals surface area contributed by atoms with Crippen molar-refractivity contribution in [3.63, 3.8) is 0 Å². The largest absolute Gasteiger partial charge is 0.352 e. The Kier molecular flexibility index (Phi) is 3.85. The van der Waals surface area contributed by atoms with Gasteiger partial charge < -0.3 is 15.5 Å². The van der Waals surface area contributed by atoms with E-state index in [0.29, 0.717) is 6.54 Å². The van der Waals surface area contributed by atoms with Crippen molar-refractivity contribution in [3.05, 3.63) is 0 Å². The quantitative estimate of drug-likeness (QED) is 0.816. The Balaban J connectivity index is 1.34. The number of carbonyl (C=O) groups excluding carboxylic acids is 2. The zero-order valence-electron chi connectivity index (χ0n) is 12.2. The first-order chi connectivity index (χ1) is 9.63. The van der Waals surface area contributed by atoms with Gasteiger partial charge in [0.25, 0.3) is 0 Å². The van der Waals surface area contributed by atoms with Crippen LogP contribution in [-0.2, 0) is 4.79 Å². The highest BCUT2D eigenvalue weighted by Gasteiger charge is 2.44. The lowest BCUT2D eigenvalue weighted by Crippen LogP contribution is -2.42. The van der Waals surface area contributed by atoms with Crippen molar-refractivity contribution in [1.29, 1.82) is 0 Å². The molecule has 0 spiro atoms. The molecule has 2 N–H and O–H groups in total. The number of hydrogen-bond donors (Lipinski definition) is 2. The SMILES string of the molecule is CC(=O)NC1CCN(C(=O)NC[C@@H]2C[C@H]2C2CCC2)C1. The maximum Gasteiger partial charge on any atom is 0.317 e. The van der Waals surface area contributed by atoms with Gasteiger partial charge in [0.2, 0.25) is 5.91 Å². The maximum absolute atomic E-state index is 12.1. The van der Waals surface area contributed by atoms with Crippen LogP contribution in [0.25, 0.3) is 0 Å². The second kappa shape index (κ2) is 5.62. The molecule has 5 heteroatoms. The fourth-order valence-corrected chi connectivity index (χ4v) is 3.63. The third kappa shape index (κ3) is 3.07. The van der Waals surface area contributed by atoms with Gasteiger partial charge in [0, 0.05) is 32.6 Å². The normalized spacial score (nSPS) is 32.6. The summed E-state index contributed by atoms with van der Waals surface area (Å²) >= 11 is 0. The Morgan fingerprint density at radius 3 is 2.70 bits per heavy atom. The van der Waals surface area contributed by atoms with E-state index in [9.17, 15) is 9.59 Å². The van der Waals surface area contributed by atoms with Crippen molar-refractivity contribution >= 4 is 11.9 Å². The topological polar surface area (TPSA) is 61.4 Å². The smallest absolute Gasteiger partial charge is 0.317 e. The van der Waals surface area contributed by atoms with Crippen molar-refractivity contribution in [3.8, 4) is 0 Å². The summed E-state index contributed by atoms with van der Waals surface area (Å²) in [5.74, 6) is 2.54. The zero-order valence-corrected chi connectivity index (χ0v) is 12.2. The van der Waals surface area contributed by atoms with E-state index in [1.54, 1.807) is 0 Å². The van der Waals surface area contributed by atoms with E-state index in [2.05, 4.69) is 10.6 Å². The maximum atomic E-state index is 12.1. The standard InChI is InChI=1S/C15H25N3O2/c1-10(19)17-13-5-6-18(9-13)15(20)16-8-12-7-14(12)11-3-2-4-11/h11-14H,2-9H2,1H3,(H,16,20)(H,17,19)/t12-,13?,14-/m0/s1. The Labute approximate surface area is 120 Å². The van der Waals surface area contributed by atoms with Gasteiger partial charge in [-0.25, -0.2) is 4.79 Å². The van der Waals surface area contributed by atoms with Crippen molar-refractivity contribution < 1.29 is 9.59 Å². The molecule has 1 heterocycles. The molecule has 112 valence electrons. The lowest BCUT2D eigenvalue weighted by atomic mass is 9.81. The van der Waals surface area contributed by atoms with Gasteiger partial charge >= 0.3 is 6.03 Å².